The molecule has 19 nitrogen and oxygen atoms in total. The molecule has 1 aliphatic heterocycles. The second kappa shape index (κ2) is 11.1. The summed E-state index contributed by atoms with van der Waals surface area (Å²) in [6.45, 7) is -1.06. The number of ether oxygens (including phenoxy) is 1. The van der Waals surface area contributed by atoms with Gasteiger partial charge in [0.05, 0.1) is 19.0 Å². The minimum Gasteiger partial charge on any atom is -0.851 e. The fourth-order valence-corrected chi connectivity index (χ4v) is 5.62. The van der Waals surface area contributed by atoms with E-state index in [0.29, 0.717) is 0 Å². The molecule has 3 heterocycles. The first-order valence-electron chi connectivity index (χ1n) is 7.87. The predicted molar refractivity (Wildman–Crippen MR) is 94.7 cm³/mol. The first-order chi connectivity index (χ1) is 14.2. The Bertz CT molecular complexity index is 1110. The van der Waals surface area contributed by atoms with Crippen LogP contribution < -0.4 is 45.5 Å². The summed E-state index contributed by atoms with van der Waals surface area (Å²) in [5, 5.41) is 24.6. The zero-order valence-electron chi connectivity index (χ0n) is 16.3. The van der Waals surface area contributed by atoms with Crippen molar-refractivity contribution in [2.45, 2.75) is 24.5 Å². The maximum atomic E-state index is 12.4. The van der Waals surface area contributed by atoms with Crippen molar-refractivity contribution in [3.8, 4) is 0 Å². The van der Waals surface area contributed by atoms with Crippen LogP contribution in [0.5, 0.6) is 0 Å². The average Bonchev–Trinajstić information content (AvgIpc) is 3.13. The number of rotatable bonds is 8. The third kappa shape index (κ3) is 7.54. The van der Waals surface area contributed by atoms with Crippen molar-refractivity contribution in [1.29, 1.82) is 0 Å². The van der Waals surface area contributed by atoms with Gasteiger partial charge in [-0.2, -0.15) is 8.62 Å². The van der Waals surface area contributed by atoms with Crippen molar-refractivity contribution in [3.63, 3.8) is 0 Å². The summed E-state index contributed by atoms with van der Waals surface area (Å²) >= 11 is 0. The van der Waals surface area contributed by atoms with Crippen LogP contribution in [0.15, 0.2) is 12.7 Å². The maximum Gasteiger partial charge on any atom is 1.00 e. The number of nitrogens with zero attached hydrogens (tertiary/aromatic N) is 4. The SMILES string of the molecule is Nc1ncnc2c1ncn2[C@@H]1O[C@H](COP(=O)(O)OP(=O)(O)OP(=O)(O)O)[C@@H]([O-])[C@H]1[O-].O.[Na+]. The summed E-state index contributed by atoms with van der Waals surface area (Å²) < 4.78 is 51.5. The zero-order valence-corrected chi connectivity index (χ0v) is 21.0. The van der Waals surface area contributed by atoms with Gasteiger partial charge in [-0.1, -0.05) is 6.10 Å². The van der Waals surface area contributed by atoms with Crippen LogP contribution in [0.25, 0.3) is 11.2 Å². The Hall–Kier alpha value is -0.400. The van der Waals surface area contributed by atoms with Gasteiger partial charge in [0, 0.05) is 0 Å². The van der Waals surface area contributed by atoms with Gasteiger partial charge in [-0.3, -0.25) is 9.09 Å². The smallest absolute Gasteiger partial charge is 0.851 e. The third-order valence-electron chi connectivity index (χ3n) is 3.76. The number of phosphoric ester groups is 1. The number of nitrogen functional groups attached to an aromatic ring is 1. The molecule has 0 amide bonds. The Kier molecular flexibility index (Phi) is 10.3. The fraction of sp³-hybridized carbons (Fsp3) is 0.500. The molecule has 0 aliphatic carbocycles. The monoisotopic (exact) mass is 546 g/mol. The summed E-state index contributed by atoms with van der Waals surface area (Å²) in [5.74, 6) is 0.00655. The molecule has 0 saturated carbocycles. The van der Waals surface area contributed by atoms with Gasteiger partial charge >= 0.3 is 53.0 Å². The van der Waals surface area contributed by atoms with Crippen molar-refractivity contribution >= 4 is 40.4 Å². The zero-order chi connectivity index (χ0) is 23.2. The number of imidazole rings is 1. The topological polar surface area (TPSA) is 316 Å². The minimum absolute atomic E-state index is 0. The summed E-state index contributed by atoms with van der Waals surface area (Å²) in [5.41, 5.74) is 5.86. The Morgan fingerprint density at radius 3 is 2.30 bits per heavy atom. The molecule has 6 atom stereocenters. The Balaban J connectivity index is 0.00000272. The molecule has 1 fully saturated rings. The van der Waals surface area contributed by atoms with Crippen LogP contribution in [0, 0.1) is 0 Å². The van der Waals surface area contributed by atoms with E-state index in [0.717, 1.165) is 17.2 Å². The summed E-state index contributed by atoms with van der Waals surface area (Å²) in [7, 11) is -16.8. The van der Waals surface area contributed by atoms with E-state index in [4.69, 9.17) is 25.2 Å². The second-order valence-electron chi connectivity index (χ2n) is 5.96. The molecule has 33 heavy (non-hydrogen) atoms. The van der Waals surface area contributed by atoms with Crippen LogP contribution in [0.3, 0.4) is 0 Å². The van der Waals surface area contributed by atoms with Gasteiger partial charge in [0.25, 0.3) is 0 Å². The predicted octanol–water partition coefficient (Wildman–Crippen LogP) is -6.71. The van der Waals surface area contributed by atoms with Gasteiger partial charge < -0.3 is 45.7 Å². The number of hydrogen-bond acceptors (Lipinski definition) is 13. The minimum atomic E-state index is -5.73. The van der Waals surface area contributed by atoms with Gasteiger partial charge in [-0.25, -0.2) is 28.6 Å². The molecule has 0 bridgehead atoms. The van der Waals surface area contributed by atoms with Crippen LogP contribution in [0.2, 0.25) is 0 Å². The van der Waals surface area contributed by atoms with Crippen LogP contribution in [-0.4, -0.2) is 69.5 Å². The average molecular weight is 546 g/mol. The number of nitrogens with two attached hydrogens (primary N) is 1. The standard InChI is InChI=1S/C10H14N5O13P3.Na.H2O/c11-8-5-9(13-2-12-8)15(3-14-5)10-7(17)6(16)4(26-10)1-25-30(21,22)28-31(23,24)27-29(18,19)20;;/h2-4,6-7,10H,1H2,(H,21,22)(H,23,24)(H2,11,12,13)(H2,18,19,20);;1H2/q-2;+1;/t4-,6-,7-,10-;;/m1../s1. The van der Waals surface area contributed by atoms with Gasteiger partial charge in [0.15, 0.2) is 11.5 Å². The van der Waals surface area contributed by atoms with E-state index in [1.165, 1.54) is 0 Å². The van der Waals surface area contributed by atoms with E-state index in [-0.39, 0.29) is 52.0 Å². The van der Waals surface area contributed by atoms with E-state index in [2.05, 4.69) is 28.1 Å². The quantitative estimate of drug-likeness (QED) is 0.152. The third-order valence-corrected chi connectivity index (χ3v) is 7.57. The first kappa shape index (κ1) is 30.6. The molecule has 2 unspecified atom stereocenters. The Morgan fingerprint density at radius 1 is 1.06 bits per heavy atom. The van der Waals surface area contributed by atoms with E-state index >= 15 is 0 Å². The van der Waals surface area contributed by atoms with Crippen molar-refractivity contribution in [1.82, 2.24) is 19.5 Å². The van der Waals surface area contributed by atoms with Gasteiger partial charge in [-0.05, 0) is 0 Å². The molecule has 1 saturated heterocycles. The number of phosphoric acid groups is 3. The normalized spacial score (nSPS) is 26.7. The van der Waals surface area contributed by atoms with Crippen LogP contribution in [-0.2, 0) is 31.6 Å². The van der Waals surface area contributed by atoms with Crippen molar-refractivity contribution in [2.24, 2.45) is 0 Å². The molecule has 0 radical (unpaired) electrons. The first-order valence-corrected chi connectivity index (χ1v) is 12.4. The molecule has 182 valence electrons. The summed E-state index contributed by atoms with van der Waals surface area (Å²) in [4.78, 5) is 47.0. The Labute approximate surface area is 205 Å². The molecule has 2 aromatic rings. The van der Waals surface area contributed by atoms with Gasteiger partial charge in [-0.15, -0.1) is 6.10 Å². The van der Waals surface area contributed by atoms with Crippen LogP contribution >= 0.6 is 23.5 Å². The maximum absolute atomic E-state index is 12.4. The molecule has 0 spiro atoms. The summed E-state index contributed by atoms with van der Waals surface area (Å²) in [6, 6.07) is 0. The fourth-order valence-electron chi connectivity index (χ4n) is 2.59. The molecule has 1 aliphatic rings. The second-order valence-corrected chi connectivity index (χ2v) is 10.4. The molecule has 2 aromatic heterocycles. The van der Waals surface area contributed by atoms with E-state index in [9.17, 15) is 28.8 Å². The van der Waals surface area contributed by atoms with Crippen molar-refractivity contribution < 1.29 is 96.4 Å². The van der Waals surface area contributed by atoms with Crippen LogP contribution in [0.4, 0.5) is 5.82 Å². The Morgan fingerprint density at radius 2 is 1.70 bits per heavy atom. The summed E-state index contributed by atoms with van der Waals surface area (Å²) in [6.07, 6.45) is -4.86. The number of anilines is 1. The largest absolute Gasteiger partial charge is 1.00 e. The van der Waals surface area contributed by atoms with Gasteiger partial charge in [0.2, 0.25) is 0 Å². The number of hydrogen-bond donors (Lipinski definition) is 5. The van der Waals surface area contributed by atoms with E-state index < -0.39 is 54.6 Å². The molecular weight excluding hydrogens is 530 g/mol. The molecule has 0 aromatic carbocycles. The van der Waals surface area contributed by atoms with Gasteiger partial charge in [0.1, 0.15) is 18.1 Å². The number of fused-ring (bicyclic) bond motifs is 1. The van der Waals surface area contributed by atoms with Crippen molar-refractivity contribution in [2.75, 3.05) is 12.3 Å². The molecule has 23 heteroatoms. The van der Waals surface area contributed by atoms with Crippen LogP contribution in [0.1, 0.15) is 6.23 Å². The molecule has 3 rings (SSSR count). The molecule has 8 N–H and O–H groups in total. The number of aromatic nitrogens is 4. The van der Waals surface area contributed by atoms with E-state index in [1.54, 1.807) is 0 Å². The van der Waals surface area contributed by atoms with E-state index in [1.807, 2.05) is 0 Å². The molecular formula is C10H16N5NaO14P3-. The van der Waals surface area contributed by atoms with Crippen molar-refractivity contribution in [3.05, 3.63) is 12.7 Å².